The van der Waals surface area contributed by atoms with E-state index in [4.69, 9.17) is 10.7 Å². The summed E-state index contributed by atoms with van der Waals surface area (Å²) in [6.07, 6.45) is 3.38. The first-order valence-corrected chi connectivity index (χ1v) is 7.42. The number of hydrogen-bond donors (Lipinski definition) is 0. The number of hydrogen-bond acceptors (Lipinski definition) is 3. The Balaban J connectivity index is 2.96. The van der Waals surface area contributed by atoms with Gasteiger partial charge in [0.25, 0.3) is 0 Å². The third-order valence-electron chi connectivity index (χ3n) is 2.79. The topological polar surface area (TPSA) is 54.5 Å². The molecule has 0 aromatic carbocycles. The van der Waals surface area contributed by atoms with Crippen molar-refractivity contribution in [2.24, 2.45) is 0 Å². The van der Waals surface area contributed by atoms with Gasteiger partial charge in [-0.05, 0) is 12.8 Å². The number of rotatable bonds is 5. The van der Waals surface area contributed by atoms with Crippen LogP contribution in [-0.2, 0) is 14.0 Å². The summed E-state index contributed by atoms with van der Waals surface area (Å²) in [5, 5.41) is 0. The molecule has 0 radical (unpaired) electrons. The lowest BCUT2D eigenvalue weighted by Crippen LogP contribution is -2.64. The second-order valence-electron chi connectivity index (χ2n) is 4.00. The van der Waals surface area contributed by atoms with Crippen molar-refractivity contribution in [3.63, 3.8) is 0 Å². The van der Waals surface area contributed by atoms with Crippen LogP contribution in [0.3, 0.4) is 0 Å². The van der Waals surface area contributed by atoms with Crippen LogP contribution in [0.4, 0.5) is 0 Å². The molecule has 0 atom stereocenters. The molecular formula is C9H16ClNO3S. The molecule has 4 nitrogen and oxygen atoms in total. The zero-order valence-corrected chi connectivity index (χ0v) is 10.6. The summed E-state index contributed by atoms with van der Waals surface area (Å²) in [6, 6.07) is 0. The third kappa shape index (κ3) is 2.28. The standard InChI is InChI=1S/C9H16ClNO3S/c1-3-5-9(6-4-2)7-8(12)11(9)15(10,13)14/h3-7H2,1-2H3. The minimum atomic E-state index is -3.91. The first kappa shape index (κ1) is 12.8. The average molecular weight is 254 g/mol. The summed E-state index contributed by atoms with van der Waals surface area (Å²) in [5.41, 5.74) is -0.541. The van der Waals surface area contributed by atoms with E-state index in [1.165, 1.54) is 0 Å². The molecule has 0 aromatic heterocycles. The lowest BCUT2D eigenvalue weighted by molar-refractivity contribution is -0.146. The highest BCUT2D eigenvalue weighted by Crippen LogP contribution is 2.43. The van der Waals surface area contributed by atoms with Crippen molar-refractivity contribution in [2.45, 2.75) is 51.5 Å². The first-order valence-electron chi connectivity index (χ1n) is 5.15. The van der Waals surface area contributed by atoms with Gasteiger partial charge >= 0.3 is 9.24 Å². The minimum absolute atomic E-state index is 0.306. The van der Waals surface area contributed by atoms with Gasteiger partial charge in [0.15, 0.2) is 0 Å². The molecule has 15 heavy (non-hydrogen) atoms. The highest BCUT2D eigenvalue weighted by atomic mass is 35.7. The Labute approximate surface area is 95.1 Å². The number of halogens is 1. The van der Waals surface area contributed by atoms with E-state index in [1.807, 2.05) is 13.8 Å². The Bertz CT molecular complexity index is 346. The lowest BCUT2D eigenvalue weighted by atomic mass is 9.79. The largest absolute Gasteiger partial charge is 0.324 e. The minimum Gasteiger partial charge on any atom is -0.274 e. The van der Waals surface area contributed by atoms with E-state index in [-0.39, 0.29) is 5.91 Å². The van der Waals surface area contributed by atoms with Gasteiger partial charge in [0.1, 0.15) is 0 Å². The van der Waals surface area contributed by atoms with Crippen LogP contribution in [0.2, 0.25) is 0 Å². The van der Waals surface area contributed by atoms with E-state index in [0.717, 1.165) is 17.1 Å². The van der Waals surface area contributed by atoms with Gasteiger partial charge < -0.3 is 0 Å². The summed E-state index contributed by atoms with van der Waals surface area (Å²) in [4.78, 5) is 11.3. The van der Waals surface area contributed by atoms with Gasteiger partial charge in [0.2, 0.25) is 5.91 Å². The van der Waals surface area contributed by atoms with E-state index >= 15 is 0 Å². The highest BCUT2D eigenvalue weighted by molar-refractivity contribution is 8.12. The first-order chi connectivity index (χ1) is 6.87. The number of β-lactam (4-membered cyclic amide) rings is 1. The smallest absolute Gasteiger partial charge is 0.274 e. The fourth-order valence-corrected chi connectivity index (χ4v) is 4.07. The Morgan fingerprint density at radius 3 is 2.07 bits per heavy atom. The summed E-state index contributed by atoms with van der Waals surface area (Å²) in [5.74, 6) is -0.382. The van der Waals surface area contributed by atoms with Crippen LogP contribution < -0.4 is 0 Å². The Morgan fingerprint density at radius 1 is 1.33 bits per heavy atom. The summed E-state index contributed by atoms with van der Waals surface area (Å²) in [7, 11) is 1.35. The number of nitrogens with zero attached hydrogens (tertiary/aromatic N) is 1. The molecule has 1 aliphatic heterocycles. The second-order valence-corrected chi connectivity index (χ2v) is 6.36. The number of carbonyl (C=O) groups is 1. The average Bonchev–Trinajstić information content (AvgIpc) is 2.00. The highest BCUT2D eigenvalue weighted by Gasteiger charge is 2.54. The molecule has 0 saturated carbocycles. The van der Waals surface area contributed by atoms with Crippen LogP contribution in [0.15, 0.2) is 0 Å². The molecule has 0 N–H and O–H groups in total. The molecule has 6 heteroatoms. The van der Waals surface area contributed by atoms with E-state index in [9.17, 15) is 13.2 Å². The van der Waals surface area contributed by atoms with Crippen molar-refractivity contribution < 1.29 is 13.2 Å². The molecule has 0 unspecified atom stereocenters. The maximum atomic E-state index is 11.3. The number of amides is 1. The van der Waals surface area contributed by atoms with Crippen molar-refractivity contribution in [3.8, 4) is 0 Å². The van der Waals surface area contributed by atoms with Gasteiger partial charge in [-0.1, -0.05) is 26.7 Å². The van der Waals surface area contributed by atoms with Crippen LogP contribution in [0.5, 0.6) is 0 Å². The van der Waals surface area contributed by atoms with Gasteiger partial charge in [0, 0.05) is 10.7 Å². The zero-order valence-electron chi connectivity index (χ0n) is 8.99. The Hall–Kier alpha value is -0.290. The SMILES string of the molecule is CCCC1(CCC)CC(=O)N1S(=O)(=O)Cl. The monoisotopic (exact) mass is 253 g/mol. The Kier molecular flexibility index (Phi) is 3.66. The third-order valence-corrected chi connectivity index (χ3v) is 4.23. The van der Waals surface area contributed by atoms with Crippen molar-refractivity contribution in [2.75, 3.05) is 0 Å². The molecule has 0 aliphatic carbocycles. The second kappa shape index (κ2) is 4.29. The molecule has 0 aromatic rings. The molecule has 1 aliphatic rings. The van der Waals surface area contributed by atoms with Crippen LogP contribution in [-0.4, -0.2) is 24.2 Å². The molecule has 1 heterocycles. The summed E-state index contributed by atoms with van der Waals surface area (Å²) >= 11 is 0. The molecule has 1 saturated heterocycles. The zero-order chi connectivity index (χ0) is 11.7. The van der Waals surface area contributed by atoms with Crippen LogP contribution in [0.25, 0.3) is 0 Å². The van der Waals surface area contributed by atoms with Crippen molar-refractivity contribution in [1.29, 1.82) is 0 Å². The van der Waals surface area contributed by atoms with Crippen LogP contribution in [0.1, 0.15) is 46.0 Å². The molecule has 1 amide bonds. The number of carbonyl (C=O) groups excluding carboxylic acids is 1. The molecular weight excluding hydrogens is 238 g/mol. The van der Waals surface area contributed by atoms with E-state index in [0.29, 0.717) is 19.3 Å². The fourth-order valence-electron chi connectivity index (χ4n) is 2.39. The van der Waals surface area contributed by atoms with Crippen molar-refractivity contribution >= 4 is 25.8 Å². The van der Waals surface area contributed by atoms with Gasteiger partial charge in [-0.15, -0.1) is 0 Å². The molecule has 0 bridgehead atoms. The fraction of sp³-hybridized carbons (Fsp3) is 0.889. The van der Waals surface area contributed by atoms with E-state index < -0.39 is 14.8 Å². The maximum Gasteiger partial charge on any atom is 0.324 e. The van der Waals surface area contributed by atoms with Crippen molar-refractivity contribution in [3.05, 3.63) is 0 Å². The van der Waals surface area contributed by atoms with Crippen LogP contribution in [0, 0.1) is 0 Å². The maximum absolute atomic E-state index is 11.3. The van der Waals surface area contributed by atoms with Crippen molar-refractivity contribution in [1.82, 2.24) is 4.31 Å². The van der Waals surface area contributed by atoms with E-state index in [2.05, 4.69) is 0 Å². The Morgan fingerprint density at radius 2 is 1.80 bits per heavy atom. The molecule has 1 fully saturated rings. The molecule has 1 rings (SSSR count). The quantitative estimate of drug-likeness (QED) is 0.557. The van der Waals surface area contributed by atoms with Gasteiger partial charge in [0.05, 0.1) is 12.0 Å². The van der Waals surface area contributed by atoms with Gasteiger partial charge in [-0.2, -0.15) is 8.42 Å². The predicted octanol–water partition coefficient (Wildman–Crippen LogP) is 2.04. The summed E-state index contributed by atoms with van der Waals surface area (Å²) < 4.78 is 23.4. The molecule has 88 valence electrons. The molecule has 0 spiro atoms. The van der Waals surface area contributed by atoms with Gasteiger partial charge in [-0.3, -0.25) is 4.79 Å². The van der Waals surface area contributed by atoms with E-state index in [1.54, 1.807) is 0 Å². The predicted molar refractivity (Wildman–Crippen MR) is 58.8 cm³/mol. The van der Waals surface area contributed by atoms with Gasteiger partial charge in [-0.25, -0.2) is 4.31 Å². The lowest BCUT2D eigenvalue weighted by Gasteiger charge is -2.49. The summed E-state index contributed by atoms with van der Waals surface area (Å²) in [6.45, 7) is 3.94. The normalized spacial score (nSPS) is 20.2. The van der Waals surface area contributed by atoms with Crippen LogP contribution >= 0.6 is 10.7 Å².